The van der Waals surface area contributed by atoms with Crippen LogP contribution in [0.3, 0.4) is 0 Å². The van der Waals surface area contributed by atoms with Gasteiger partial charge in [-0.1, -0.05) is 220 Å². The lowest BCUT2D eigenvalue weighted by Gasteiger charge is -2.13. The van der Waals surface area contributed by atoms with E-state index in [1.165, 1.54) is 0 Å². The molecule has 0 unspecified atom stereocenters. The highest BCUT2D eigenvalue weighted by Crippen LogP contribution is 2.42. The summed E-state index contributed by atoms with van der Waals surface area (Å²) in [6.07, 6.45) is 14.5. The van der Waals surface area contributed by atoms with Gasteiger partial charge in [0.2, 0.25) is 0 Å². The first kappa shape index (κ1) is 62.0. The van der Waals surface area contributed by atoms with Gasteiger partial charge in [0.05, 0.1) is 45.0 Å². The molecule has 0 saturated heterocycles. The highest BCUT2D eigenvalue weighted by Gasteiger charge is 2.27. The minimum absolute atomic E-state index is 0.00202. The van der Waals surface area contributed by atoms with Crippen LogP contribution in [0.1, 0.15) is 109 Å². The van der Waals surface area contributed by atoms with Gasteiger partial charge in [-0.05, 0) is 117 Å². The SMILES string of the molecule is C=Cc1ccc(COC(=O)c2ccccc2-c2c3nc(c(-c4ccccc4C(=O)OCc4ccc(C=C)cc4)c4ccc([nH]4)c(-c4ccccc4C(=O)OCc4ccc(C=C)cc4)c4nc(c(-c5ccccc5C(=O)OCc5ccc(C=C)cc5)c5ccc2[nH]5)C=C4)C=C3)cc1. The third-order valence-electron chi connectivity index (χ3n) is 16.8. The van der Waals surface area contributed by atoms with Crippen molar-refractivity contribution in [3.8, 4) is 44.5 Å². The van der Waals surface area contributed by atoms with E-state index in [2.05, 4.69) is 36.3 Å². The number of aromatic amines is 2. The molecule has 12 heteroatoms. The van der Waals surface area contributed by atoms with Gasteiger partial charge in [-0.3, -0.25) is 0 Å². The zero-order valence-electron chi connectivity index (χ0n) is 52.2. The van der Waals surface area contributed by atoms with Crippen molar-refractivity contribution in [2.75, 3.05) is 0 Å². The number of nitrogens with one attached hydrogen (secondary N) is 2. The Morgan fingerprint density at radius 1 is 0.292 bits per heavy atom. The third-order valence-corrected chi connectivity index (χ3v) is 16.8. The largest absolute Gasteiger partial charge is 0.457 e. The van der Waals surface area contributed by atoms with Crippen molar-refractivity contribution in [1.82, 2.24) is 19.9 Å². The molecule has 96 heavy (non-hydrogen) atoms. The smallest absolute Gasteiger partial charge is 0.339 e. The predicted octanol–water partition coefficient (Wildman–Crippen LogP) is 19.3. The number of hydrogen-bond donors (Lipinski definition) is 2. The van der Waals surface area contributed by atoms with Crippen LogP contribution in [-0.4, -0.2) is 43.8 Å². The number of nitrogens with zero attached hydrogens (tertiary/aromatic N) is 2. The lowest BCUT2D eigenvalue weighted by molar-refractivity contribution is 0.0465. The fourth-order valence-corrected chi connectivity index (χ4v) is 11.8. The molecule has 8 bridgehead atoms. The number of hydrogen-bond acceptors (Lipinski definition) is 10. The molecule has 2 aliphatic heterocycles. The van der Waals surface area contributed by atoms with E-state index in [4.69, 9.17) is 28.9 Å². The first-order chi connectivity index (χ1) is 47.0. The second-order valence-corrected chi connectivity index (χ2v) is 22.8. The van der Waals surface area contributed by atoms with Crippen LogP contribution in [0.2, 0.25) is 0 Å². The van der Waals surface area contributed by atoms with Gasteiger partial charge in [0.1, 0.15) is 26.4 Å². The Balaban J connectivity index is 1.06. The van der Waals surface area contributed by atoms with Crippen LogP contribution in [0, 0.1) is 0 Å². The summed E-state index contributed by atoms with van der Waals surface area (Å²) >= 11 is 0. The summed E-state index contributed by atoms with van der Waals surface area (Å²) in [6.45, 7) is 15.5. The van der Waals surface area contributed by atoms with Crippen LogP contribution in [-0.2, 0) is 45.4 Å². The Hall–Kier alpha value is -12.8. The van der Waals surface area contributed by atoms with Crippen molar-refractivity contribution in [1.29, 1.82) is 0 Å². The Morgan fingerprint density at radius 3 is 0.708 bits per heavy atom. The van der Waals surface area contributed by atoms with Crippen molar-refractivity contribution in [2.45, 2.75) is 26.4 Å². The molecule has 3 aromatic heterocycles. The number of carbonyl (C=O) groups excluding carboxylic acids is 4. The first-order valence-corrected chi connectivity index (χ1v) is 31.1. The van der Waals surface area contributed by atoms with E-state index in [1.807, 2.05) is 194 Å². The molecule has 0 amide bonds. The fraction of sp³-hybridized carbons (Fsp3) is 0.0476. The number of benzene rings is 8. The molecule has 2 aliphatic rings. The predicted molar refractivity (Wildman–Crippen MR) is 383 cm³/mol. The standard InChI is InChI=1S/C84H62N4O8/c1-5-53-25-33-57(34-26-53)49-93-81(89)65-21-13-9-17-61(65)77-69-41-43-71(85-69)78(62-18-10-14-22-66(62)82(90)94-50-58-35-27-54(6-2)28-36-58)73-45-47-75(87-73)80(64-20-12-16-24-68(64)84(92)96-52-60-39-31-56(8-4)32-40-60)76-48-46-74(88-76)79(72-44-42-70(77)86-72)63-19-11-15-23-67(63)83(91)95-51-59-37-29-55(7-3)30-38-59/h5-48,85,88H,1-4,49-52H2. The normalized spacial score (nSPS) is 11.3. The second kappa shape index (κ2) is 28.0. The van der Waals surface area contributed by atoms with Crippen LogP contribution in [0.5, 0.6) is 0 Å². The summed E-state index contributed by atoms with van der Waals surface area (Å²) < 4.78 is 24.4. The van der Waals surface area contributed by atoms with Gasteiger partial charge in [0.25, 0.3) is 0 Å². The highest BCUT2D eigenvalue weighted by molar-refractivity contribution is 6.08. The minimum Gasteiger partial charge on any atom is -0.457 e. The van der Waals surface area contributed by atoms with Gasteiger partial charge in [0, 0.05) is 66.6 Å². The Kier molecular flexibility index (Phi) is 18.1. The van der Waals surface area contributed by atoms with Crippen molar-refractivity contribution >= 4 is 94.6 Å². The van der Waals surface area contributed by atoms with E-state index in [1.54, 1.807) is 72.8 Å². The molecule has 8 aromatic carbocycles. The van der Waals surface area contributed by atoms with E-state index in [9.17, 15) is 19.2 Å². The third kappa shape index (κ3) is 13.2. The Morgan fingerprint density at radius 2 is 0.500 bits per heavy atom. The molecule has 0 atom stereocenters. The molecule has 466 valence electrons. The maximum Gasteiger partial charge on any atom is 0.339 e. The molecule has 13 rings (SSSR count). The van der Waals surface area contributed by atoms with E-state index in [0.29, 0.717) is 89.4 Å². The van der Waals surface area contributed by atoms with Gasteiger partial charge in [-0.15, -0.1) is 0 Å². The summed E-state index contributed by atoms with van der Waals surface area (Å²) in [4.78, 5) is 77.2. The number of H-pyrrole nitrogens is 2. The lowest BCUT2D eigenvalue weighted by atomic mass is 9.98. The minimum atomic E-state index is -0.572. The van der Waals surface area contributed by atoms with Crippen LogP contribution in [0.4, 0.5) is 0 Å². The Bertz CT molecular complexity index is 4510. The molecule has 2 N–H and O–H groups in total. The van der Waals surface area contributed by atoms with E-state index < -0.39 is 23.9 Å². The van der Waals surface area contributed by atoms with Gasteiger partial charge in [0.15, 0.2) is 0 Å². The number of carbonyl (C=O) groups is 4. The molecular weight excluding hydrogens is 1190 g/mol. The number of fused-ring (bicyclic) bond motifs is 8. The molecule has 11 aromatic rings. The fourth-order valence-electron chi connectivity index (χ4n) is 11.8. The molecule has 0 radical (unpaired) electrons. The number of esters is 4. The summed E-state index contributed by atoms with van der Waals surface area (Å²) in [5.41, 5.74) is 16.1. The van der Waals surface area contributed by atoms with Gasteiger partial charge in [-0.2, -0.15) is 0 Å². The molecule has 0 fully saturated rings. The quantitative estimate of drug-likeness (QED) is 0.0555. The lowest BCUT2D eigenvalue weighted by Crippen LogP contribution is -2.08. The van der Waals surface area contributed by atoms with Crippen LogP contribution in [0.25, 0.3) is 115 Å². The maximum absolute atomic E-state index is 14.7. The number of rotatable bonds is 20. The first-order valence-electron chi connectivity index (χ1n) is 31.1. The van der Waals surface area contributed by atoms with Crippen molar-refractivity contribution in [3.63, 3.8) is 0 Å². The zero-order valence-corrected chi connectivity index (χ0v) is 52.2. The van der Waals surface area contributed by atoms with Crippen LogP contribution >= 0.6 is 0 Å². The van der Waals surface area contributed by atoms with Crippen LogP contribution in [0.15, 0.2) is 245 Å². The van der Waals surface area contributed by atoms with Crippen LogP contribution < -0.4 is 0 Å². The van der Waals surface area contributed by atoms with Crippen molar-refractivity contribution < 1.29 is 38.1 Å². The van der Waals surface area contributed by atoms with Crippen molar-refractivity contribution in [3.05, 3.63) is 334 Å². The molecule has 5 heterocycles. The zero-order chi connectivity index (χ0) is 66.1. The second-order valence-electron chi connectivity index (χ2n) is 22.8. The van der Waals surface area contributed by atoms with E-state index in [0.717, 1.165) is 44.5 Å². The van der Waals surface area contributed by atoms with Gasteiger partial charge in [-0.25, -0.2) is 29.1 Å². The summed E-state index contributed by atoms with van der Waals surface area (Å²) in [6, 6.07) is 66.9. The molecular formula is C84H62N4O8. The highest BCUT2D eigenvalue weighted by atomic mass is 16.5. The maximum atomic E-state index is 14.7. The molecule has 0 spiro atoms. The average molecular weight is 1260 g/mol. The number of aromatic nitrogens is 4. The Labute approximate surface area is 554 Å². The summed E-state index contributed by atoms with van der Waals surface area (Å²) in [5, 5.41) is 0. The van der Waals surface area contributed by atoms with E-state index >= 15 is 0 Å². The number of ether oxygens (including phenoxy) is 4. The van der Waals surface area contributed by atoms with Gasteiger partial charge < -0.3 is 28.9 Å². The van der Waals surface area contributed by atoms with Crippen molar-refractivity contribution in [2.24, 2.45) is 0 Å². The summed E-state index contributed by atoms with van der Waals surface area (Å²) in [7, 11) is 0. The average Bonchev–Trinajstić information content (AvgIpc) is 1.58. The monoisotopic (exact) mass is 1250 g/mol. The molecule has 12 nitrogen and oxygen atoms in total. The van der Waals surface area contributed by atoms with Gasteiger partial charge >= 0.3 is 23.9 Å². The summed E-state index contributed by atoms with van der Waals surface area (Å²) in [5.74, 6) is -2.29. The topological polar surface area (TPSA) is 163 Å². The molecule has 0 saturated carbocycles. The van der Waals surface area contributed by atoms with E-state index in [-0.39, 0.29) is 48.7 Å². The molecule has 0 aliphatic carbocycles.